The molecule has 0 saturated heterocycles. The van der Waals surface area contributed by atoms with Crippen molar-refractivity contribution in [2.45, 2.75) is 25.5 Å². The third-order valence-corrected chi connectivity index (χ3v) is 5.50. The molecular formula is C23H27N3O2S. The van der Waals surface area contributed by atoms with Crippen molar-refractivity contribution >= 4 is 17.7 Å². The van der Waals surface area contributed by atoms with Crippen molar-refractivity contribution < 1.29 is 9.53 Å². The van der Waals surface area contributed by atoms with Gasteiger partial charge in [0.05, 0.1) is 24.2 Å². The molecular weight excluding hydrogens is 382 g/mol. The summed E-state index contributed by atoms with van der Waals surface area (Å²) in [6.07, 6.45) is 4.15. The van der Waals surface area contributed by atoms with Crippen LogP contribution in [0.4, 0.5) is 0 Å². The summed E-state index contributed by atoms with van der Waals surface area (Å²) >= 11 is 1.61. The summed E-state index contributed by atoms with van der Waals surface area (Å²) in [5, 5.41) is 7.79. The van der Waals surface area contributed by atoms with Gasteiger partial charge in [-0.15, -0.1) is 11.8 Å². The van der Waals surface area contributed by atoms with Gasteiger partial charge in [0, 0.05) is 29.6 Å². The zero-order valence-electron chi connectivity index (χ0n) is 16.9. The first-order chi connectivity index (χ1) is 14.2. The Morgan fingerprint density at radius 3 is 2.59 bits per heavy atom. The van der Waals surface area contributed by atoms with E-state index in [0.29, 0.717) is 5.75 Å². The van der Waals surface area contributed by atoms with Crippen LogP contribution in [0.25, 0.3) is 16.9 Å². The smallest absolute Gasteiger partial charge is 0.230 e. The molecule has 0 aliphatic rings. The Hall–Kier alpha value is -2.73. The van der Waals surface area contributed by atoms with E-state index in [-0.39, 0.29) is 5.91 Å². The molecule has 0 unspecified atom stereocenters. The number of hydrogen-bond acceptors (Lipinski definition) is 4. The fourth-order valence-corrected chi connectivity index (χ4v) is 3.75. The lowest BCUT2D eigenvalue weighted by Crippen LogP contribution is -2.26. The van der Waals surface area contributed by atoms with Gasteiger partial charge in [0.15, 0.2) is 0 Å². The second-order valence-electron chi connectivity index (χ2n) is 6.71. The second-order valence-corrected chi connectivity index (χ2v) is 7.69. The number of unbranched alkanes of at least 4 members (excludes halogenated alkanes) is 1. The van der Waals surface area contributed by atoms with Gasteiger partial charge < -0.3 is 10.1 Å². The van der Waals surface area contributed by atoms with Gasteiger partial charge in [0.25, 0.3) is 0 Å². The van der Waals surface area contributed by atoms with E-state index in [1.165, 1.54) is 0 Å². The number of thioether (sulfide) groups is 1. The van der Waals surface area contributed by atoms with E-state index in [2.05, 4.69) is 18.4 Å². The zero-order valence-corrected chi connectivity index (χ0v) is 17.7. The van der Waals surface area contributed by atoms with E-state index in [1.54, 1.807) is 18.9 Å². The van der Waals surface area contributed by atoms with Gasteiger partial charge >= 0.3 is 0 Å². The molecule has 1 N–H and O–H groups in total. The van der Waals surface area contributed by atoms with Crippen molar-refractivity contribution in [1.29, 1.82) is 0 Å². The number of carbonyl (C=O) groups is 1. The van der Waals surface area contributed by atoms with E-state index in [4.69, 9.17) is 9.84 Å². The highest BCUT2D eigenvalue weighted by molar-refractivity contribution is 7.99. The van der Waals surface area contributed by atoms with Crippen molar-refractivity contribution in [2.75, 3.05) is 19.4 Å². The summed E-state index contributed by atoms with van der Waals surface area (Å²) in [7, 11) is 1.66. The van der Waals surface area contributed by atoms with Crippen LogP contribution in [0.3, 0.4) is 0 Å². The lowest BCUT2D eigenvalue weighted by Gasteiger charge is -2.05. The minimum absolute atomic E-state index is 0.0879. The Kier molecular flexibility index (Phi) is 7.76. The Bertz CT molecular complexity index is 908. The minimum Gasteiger partial charge on any atom is -0.497 e. The first-order valence-corrected chi connectivity index (χ1v) is 11.0. The topological polar surface area (TPSA) is 56.2 Å². The van der Waals surface area contributed by atoms with E-state index < -0.39 is 0 Å². The minimum atomic E-state index is 0.0879. The maximum absolute atomic E-state index is 12.0. The van der Waals surface area contributed by atoms with Gasteiger partial charge in [-0.25, -0.2) is 4.68 Å². The van der Waals surface area contributed by atoms with Gasteiger partial charge in [-0.1, -0.05) is 31.5 Å². The monoisotopic (exact) mass is 409 g/mol. The summed E-state index contributed by atoms with van der Waals surface area (Å²) in [5.74, 6) is 2.07. The molecule has 0 spiro atoms. The molecule has 0 aliphatic carbocycles. The van der Waals surface area contributed by atoms with Crippen LogP contribution in [0, 0.1) is 0 Å². The molecule has 0 bridgehead atoms. The predicted molar refractivity (Wildman–Crippen MR) is 120 cm³/mol. The molecule has 1 aromatic heterocycles. The van der Waals surface area contributed by atoms with Gasteiger partial charge in [-0.3, -0.25) is 4.79 Å². The largest absolute Gasteiger partial charge is 0.497 e. The van der Waals surface area contributed by atoms with Crippen molar-refractivity contribution in [1.82, 2.24) is 15.1 Å². The fourth-order valence-electron chi connectivity index (χ4n) is 2.93. The van der Waals surface area contributed by atoms with Crippen LogP contribution in [0.2, 0.25) is 0 Å². The molecule has 0 radical (unpaired) electrons. The van der Waals surface area contributed by atoms with Crippen LogP contribution in [-0.4, -0.2) is 35.1 Å². The number of rotatable bonds is 10. The molecule has 2 aromatic carbocycles. The van der Waals surface area contributed by atoms with Crippen LogP contribution in [0.1, 0.15) is 25.3 Å². The molecule has 1 amide bonds. The van der Waals surface area contributed by atoms with Crippen molar-refractivity contribution in [3.8, 4) is 22.7 Å². The highest BCUT2D eigenvalue weighted by Crippen LogP contribution is 2.28. The number of amides is 1. The van der Waals surface area contributed by atoms with E-state index in [0.717, 1.165) is 53.4 Å². The second kappa shape index (κ2) is 10.7. The van der Waals surface area contributed by atoms with Gasteiger partial charge in [0.1, 0.15) is 5.75 Å². The highest BCUT2D eigenvalue weighted by Gasteiger charge is 2.13. The normalized spacial score (nSPS) is 10.7. The number of hydrogen-bond donors (Lipinski definition) is 1. The Morgan fingerprint density at radius 1 is 1.14 bits per heavy atom. The quantitative estimate of drug-likeness (QED) is 0.493. The van der Waals surface area contributed by atoms with E-state index in [9.17, 15) is 4.79 Å². The van der Waals surface area contributed by atoms with E-state index >= 15 is 0 Å². The lowest BCUT2D eigenvalue weighted by molar-refractivity contribution is -0.118. The summed E-state index contributed by atoms with van der Waals surface area (Å²) in [6, 6.07) is 18.0. The number of nitrogens with one attached hydrogen (secondary N) is 1. The molecule has 0 atom stereocenters. The molecule has 6 heteroatoms. The van der Waals surface area contributed by atoms with Gasteiger partial charge in [0.2, 0.25) is 5.91 Å². The van der Waals surface area contributed by atoms with Crippen molar-refractivity contribution in [2.24, 2.45) is 0 Å². The molecule has 3 rings (SSSR count). The molecule has 5 nitrogen and oxygen atoms in total. The lowest BCUT2D eigenvalue weighted by atomic mass is 10.1. The Morgan fingerprint density at radius 2 is 1.90 bits per heavy atom. The van der Waals surface area contributed by atoms with Crippen LogP contribution >= 0.6 is 11.8 Å². The van der Waals surface area contributed by atoms with Crippen molar-refractivity contribution in [3.05, 3.63) is 66.4 Å². The van der Waals surface area contributed by atoms with Gasteiger partial charge in [-0.2, -0.15) is 5.10 Å². The number of benzene rings is 2. The standard InChI is InChI=1S/C23H27N3O2S/c1-3-4-14-24-22(27)17-29-16-19-15-26(20-8-6-5-7-9-20)25-23(19)18-10-12-21(28-2)13-11-18/h5-13,15H,3-4,14,16-17H2,1-2H3,(H,24,27). The zero-order chi connectivity index (χ0) is 20.5. The number of methoxy groups -OCH3 is 1. The molecule has 0 fully saturated rings. The first kappa shape index (κ1) is 21.0. The number of ether oxygens (including phenoxy) is 1. The summed E-state index contributed by atoms with van der Waals surface area (Å²) < 4.78 is 7.17. The molecule has 3 aromatic rings. The highest BCUT2D eigenvalue weighted by atomic mass is 32.2. The van der Waals surface area contributed by atoms with Gasteiger partial charge in [-0.05, 0) is 42.8 Å². The number of para-hydroxylation sites is 1. The van der Waals surface area contributed by atoms with Crippen LogP contribution in [-0.2, 0) is 10.5 Å². The van der Waals surface area contributed by atoms with Crippen LogP contribution in [0.5, 0.6) is 5.75 Å². The number of carbonyl (C=O) groups excluding carboxylic acids is 1. The SMILES string of the molecule is CCCCNC(=O)CSCc1cn(-c2ccccc2)nc1-c1ccc(OC)cc1. The fraction of sp³-hybridized carbons (Fsp3) is 0.304. The maximum atomic E-state index is 12.0. The average Bonchev–Trinajstić information content (AvgIpc) is 3.19. The predicted octanol–water partition coefficient (Wildman–Crippen LogP) is 4.70. The summed E-state index contributed by atoms with van der Waals surface area (Å²) in [4.78, 5) is 12.0. The van der Waals surface area contributed by atoms with Crippen molar-refractivity contribution in [3.63, 3.8) is 0 Å². The van der Waals surface area contributed by atoms with Crippen LogP contribution < -0.4 is 10.1 Å². The molecule has 0 aliphatic heterocycles. The molecule has 29 heavy (non-hydrogen) atoms. The summed E-state index contributed by atoms with van der Waals surface area (Å²) in [5.41, 5.74) is 4.07. The van der Waals surface area contributed by atoms with E-state index in [1.807, 2.05) is 59.3 Å². The maximum Gasteiger partial charge on any atom is 0.230 e. The third kappa shape index (κ3) is 5.87. The molecule has 1 heterocycles. The third-order valence-electron chi connectivity index (χ3n) is 4.52. The summed E-state index contributed by atoms with van der Waals surface area (Å²) in [6.45, 7) is 2.87. The first-order valence-electron chi connectivity index (χ1n) is 9.84. The molecule has 152 valence electrons. The number of nitrogens with zero attached hydrogens (tertiary/aromatic N) is 2. The average molecular weight is 410 g/mol. The Labute approximate surface area is 176 Å². The number of aromatic nitrogens is 2. The Balaban J connectivity index is 1.76. The van der Waals surface area contributed by atoms with Crippen LogP contribution in [0.15, 0.2) is 60.8 Å². The molecule has 0 saturated carbocycles.